The van der Waals surface area contributed by atoms with Crippen molar-refractivity contribution in [3.05, 3.63) is 64.5 Å². The first-order valence-corrected chi connectivity index (χ1v) is 11.9. The van der Waals surface area contributed by atoms with Gasteiger partial charge in [0.05, 0.1) is 13.7 Å². The van der Waals surface area contributed by atoms with Gasteiger partial charge in [0.15, 0.2) is 0 Å². The van der Waals surface area contributed by atoms with Crippen molar-refractivity contribution in [2.75, 3.05) is 13.7 Å². The van der Waals surface area contributed by atoms with Crippen molar-refractivity contribution in [2.45, 2.75) is 51.0 Å². The number of hydrogen-bond acceptors (Lipinski definition) is 7. The third kappa shape index (κ3) is 6.62. The lowest BCUT2D eigenvalue weighted by Crippen LogP contribution is -2.38. The maximum Gasteiger partial charge on any atom is 0.349 e. The van der Waals surface area contributed by atoms with Gasteiger partial charge in [-0.05, 0) is 61.7 Å². The van der Waals surface area contributed by atoms with Crippen molar-refractivity contribution in [3.8, 4) is 17.2 Å². The molecule has 0 spiro atoms. The minimum absolute atomic E-state index is 0.0234. The molecule has 0 aliphatic heterocycles. The average molecular weight is 480 g/mol. The number of ether oxygens (including phenoxy) is 3. The Bertz CT molecular complexity index is 1230. The van der Waals surface area contributed by atoms with Crippen LogP contribution in [0, 0.1) is 0 Å². The zero-order valence-electron chi connectivity index (χ0n) is 19.7. The Morgan fingerprint density at radius 3 is 2.43 bits per heavy atom. The van der Waals surface area contributed by atoms with E-state index in [1.165, 1.54) is 18.6 Å². The topological polar surface area (TPSA) is 104 Å². The average Bonchev–Trinajstić information content (AvgIpc) is 2.87. The summed E-state index contributed by atoms with van der Waals surface area (Å²) in [5.74, 6) is 0.858. The fraction of sp³-hybridized carbons (Fsp3) is 0.370. The summed E-state index contributed by atoms with van der Waals surface area (Å²) in [7, 11) is 1.60. The van der Waals surface area contributed by atoms with Gasteiger partial charge in [-0.1, -0.05) is 19.3 Å². The van der Waals surface area contributed by atoms with E-state index in [-0.39, 0.29) is 29.4 Å². The normalized spacial score (nSPS) is 13.9. The van der Waals surface area contributed by atoms with E-state index < -0.39 is 17.5 Å². The lowest BCUT2D eigenvalue weighted by molar-refractivity contribution is -0.134. The molecular formula is C27H29NO7. The number of nitrogens with one attached hydrogen (secondary N) is 1. The third-order valence-corrected chi connectivity index (χ3v) is 5.98. The van der Waals surface area contributed by atoms with Crippen LogP contribution in [0.2, 0.25) is 0 Å². The third-order valence-electron chi connectivity index (χ3n) is 5.98. The molecule has 8 nitrogen and oxygen atoms in total. The van der Waals surface area contributed by atoms with Gasteiger partial charge in [0.1, 0.15) is 28.4 Å². The molecule has 1 N–H and O–H groups in total. The smallest absolute Gasteiger partial charge is 0.349 e. The van der Waals surface area contributed by atoms with Gasteiger partial charge < -0.3 is 23.9 Å². The Morgan fingerprint density at radius 2 is 1.69 bits per heavy atom. The van der Waals surface area contributed by atoms with Crippen LogP contribution < -0.4 is 25.2 Å². The van der Waals surface area contributed by atoms with E-state index in [0.29, 0.717) is 24.2 Å². The van der Waals surface area contributed by atoms with E-state index in [2.05, 4.69) is 5.32 Å². The van der Waals surface area contributed by atoms with Crippen molar-refractivity contribution < 1.29 is 28.2 Å². The highest BCUT2D eigenvalue weighted by Crippen LogP contribution is 2.22. The Balaban J connectivity index is 1.30. The Kier molecular flexibility index (Phi) is 8.03. The maximum atomic E-state index is 12.6. The SMILES string of the molecule is COc1ccc(OCCCC(=O)Oc2ccc3cc(C(=O)NC4CCCCC4)c(=O)oc3c2)cc1. The molecule has 2 aromatic carbocycles. The molecule has 3 aromatic rings. The monoisotopic (exact) mass is 479 g/mol. The van der Waals surface area contributed by atoms with Crippen LogP contribution in [-0.4, -0.2) is 31.6 Å². The van der Waals surface area contributed by atoms with Crippen molar-refractivity contribution in [2.24, 2.45) is 0 Å². The fourth-order valence-electron chi connectivity index (χ4n) is 4.08. The molecule has 184 valence electrons. The number of methoxy groups -OCH3 is 1. The lowest BCUT2D eigenvalue weighted by atomic mass is 9.95. The van der Waals surface area contributed by atoms with E-state index in [1.807, 2.05) is 0 Å². The summed E-state index contributed by atoms with van der Waals surface area (Å²) in [6.07, 6.45) is 5.82. The van der Waals surface area contributed by atoms with Crippen LogP contribution in [0.1, 0.15) is 55.3 Å². The highest BCUT2D eigenvalue weighted by Gasteiger charge is 2.20. The second-order valence-electron chi connectivity index (χ2n) is 8.56. The summed E-state index contributed by atoms with van der Waals surface area (Å²) in [5.41, 5.74) is -0.494. The molecule has 0 unspecified atom stereocenters. The number of hydrogen-bond donors (Lipinski definition) is 1. The highest BCUT2D eigenvalue weighted by molar-refractivity contribution is 5.97. The predicted octanol–water partition coefficient (Wildman–Crippen LogP) is 4.63. The van der Waals surface area contributed by atoms with Crippen molar-refractivity contribution in [3.63, 3.8) is 0 Å². The first-order valence-electron chi connectivity index (χ1n) is 11.9. The number of benzene rings is 2. The fourth-order valence-corrected chi connectivity index (χ4v) is 4.08. The summed E-state index contributed by atoms with van der Waals surface area (Å²) in [6.45, 7) is 0.361. The Hall–Kier alpha value is -3.81. The summed E-state index contributed by atoms with van der Waals surface area (Å²) in [4.78, 5) is 37.2. The maximum absolute atomic E-state index is 12.6. The predicted molar refractivity (Wildman–Crippen MR) is 130 cm³/mol. The number of fused-ring (bicyclic) bond motifs is 1. The van der Waals surface area contributed by atoms with Crippen LogP contribution >= 0.6 is 0 Å². The van der Waals surface area contributed by atoms with Gasteiger partial charge in [0, 0.05) is 23.9 Å². The molecule has 0 radical (unpaired) electrons. The summed E-state index contributed by atoms with van der Waals surface area (Å²) in [6, 6.07) is 13.5. The van der Waals surface area contributed by atoms with E-state index in [9.17, 15) is 14.4 Å². The summed E-state index contributed by atoms with van der Waals surface area (Å²) in [5, 5.41) is 3.51. The summed E-state index contributed by atoms with van der Waals surface area (Å²) < 4.78 is 21.4. The molecule has 4 rings (SSSR count). The number of carbonyl (C=O) groups excluding carboxylic acids is 2. The molecule has 1 heterocycles. The van der Waals surface area contributed by atoms with Crippen LogP contribution in [0.4, 0.5) is 0 Å². The second-order valence-corrected chi connectivity index (χ2v) is 8.56. The van der Waals surface area contributed by atoms with Crippen LogP contribution in [0.3, 0.4) is 0 Å². The molecule has 1 amide bonds. The van der Waals surface area contributed by atoms with Gasteiger partial charge in [-0.3, -0.25) is 9.59 Å². The Labute approximate surface area is 203 Å². The molecule has 0 atom stereocenters. The van der Waals surface area contributed by atoms with Gasteiger partial charge in [0.2, 0.25) is 0 Å². The van der Waals surface area contributed by atoms with E-state index in [0.717, 1.165) is 31.4 Å². The summed E-state index contributed by atoms with van der Waals surface area (Å²) >= 11 is 0. The Morgan fingerprint density at radius 1 is 0.971 bits per heavy atom. The lowest BCUT2D eigenvalue weighted by Gasteiger charge is -2.22. The molecule has 1 saturated carbocycles. The van der Waals surface area contributed by atoms with Gasteiger partial charge in [-0.2, -0.15) is 0 Å². The van der Waals surface area contributed by atoms with Crippen molar-refractivity contribution >= 4 is 22.8 Å². The van der Waals surface area contributed by atoms with E-state index in [1.54, 1.807) is 43.5 Å². The van der Waals surface area contributed by atoms with Crippen LogP contribution in [0.15, 0.2) is 57.7 Å². The molecule has 1 aromatic heterocycles. The number of amides is 1. The van der Waals surface area contributed by atoms with Crippen molar-refractivity contribution in [1.29, 1.82) is 0 Å². The quantitative estimate of drug-likeness (QED) is 0.207. The first-order chi connectivity index (χ1) is 17.0. The van der Waals surface area contributed by atoms with Gasteiger partial charge in [-0.15, -0.1) is 0 Å². The minimum atomic E-state index is -0.718. The van der Waals surface area contributed by atoms with Gasteiger partial charge in [0.25, 0.3) is 5.91 Å². The molecule has 0 bridgehead atoms. The molecule has 8 heteroatoms. The van der Waals surface area contributed by atoms with Crippen LogP contribution in [-0.2, 0) is 4.79 Å². The zero-order valence-corrected chi connectivity index (χ0v) is 19.7. The molecule has 1 fully saturated rings. The first kappa shape index (κ1) is 24.3. The van der Waals surface area contributed by atoms with E-state index in [4.69, 9.17) is 18.6 Å². The van der Waals surface area contributed by atoms with Gasteiger partial charge >= 0.3 is 11.6 Å². The largest absolute Gasteiger partial charge is 0.497 e. The van der Waals surface area contributed by atoms with Crippen LogP contribution in [0.5, 0.6) is 17.2 Å². The molecule has 1 aliphatic carbocycles. The van der Waals surface area contributed by atoms with Gasteiger partial charge in [-0.25, -0.2) is 4.79 Å². The van der Waals surface area contributed by atoms with E-state index >= 15 is 0 Å². The number of esters is 1. The standard InChI is InChI=1S/C27H29NO7/c1-32-20-11-13-21(14-12-20)33-15-5-8-25(29)34-22-10-9-18-16-23(27(31)35-24(18)17-22)26(30)28-19-6-3-2-4-7-19/h9-14,16-17,19H,2-8,15H2,1H3,(H,28,30). The molecule has 35 heavy (non-hydrogen) atoms. The zero-order chi connectivity index (χ0) is 24.6. The molecule has 1 aliphatic rings. The van der Waals surface area contributed by atoms with Crippen LogP contribution in [0.25, 0.3) is 11.0 Å². The molecule has 0 saturated heterocycles. The van der Waals surface area contributed by atoms with Crippen molar-refractivity contribution in [1.82, 2.24) is 5.32 Å². The minimum Gasteiger partial charge on any atom is -0.497 e. The highest BCUT2D eigenvalue weighted by atomic mass is 16.5. The second kappa shape index (κ2) is 11.6. The molecular weight excluding hydrogens is 450 g/mol. The number of rotatable bonds is 9. The number of carbonyl (C=O) groups is 2.